The van der Waals surface area contributed by atoms with E-state index < -0.39 is 0 Å². The van der Waals surface area contributed by atoms with Crippen molar-refractivity contribution in [3.63, 3.8) is 0 Å². The summed E-state index contributed by atoms with van der Waals surface area (Å²) < 4.78 is 18.5. The molecule has 0 unspecified atom stereocenters. The van der Waals surface area contributed by atoms with Crippen LogP contribution in [-0.2, 0) is 6.54 Å². The average molecular weight is 253 g/mol. The van der Waals surface area contributed by atoms with Gasteiger partial charge in [0.2, 0.25) is 0 Å². The van der Waals surface area contributed by atoms with Crippen LogP contribution < -0.4 is 4.74 Å². The molecule has 1 aliphatic rings. The second-order valence-electron chi connectivity index (χ2n) is 5.29. The van der Waals surface area contributed by atoms with E-state index in [4.69, 9.17) is 4.74 Å². The van der Waals surface area contributed by atoms with Crippen LogP contribution in [0.1, 0.15) is 18.4 Å². The molecule has 1 aromatic carbocycles. The predicted molar refractivity (Wildman–Crippen MR) is 68.0 cm³/mol. The first-order valence-corrected chi connectivity index (χ1v) is 6.20. The number of rotatable bonds is 6. The summed E-state index contributed by atoms with van der Waals surface area (Å²) in [6, 6.07) is 4.56. The van der Waals surface area contributed by atoms with Crippen molar-refractivity contribution in [1.82, 2.24) is 4.90 Å². The molecule has 1 aliphatic carbocycles. The van der Waals surface area contributed by atoms with Crippen molar-refractivity contribution in [2.24, 2.45) is 5.41 Å². The summed E-state index contributed by atoms with van der Waals surface area (Å²) >= 11 is 0. The van der Waals surface area contributed by atoms with Crippen molar-refractivity contribution in [1.29, 1.82) is 0 Å². The lowest BCUT2D eigenvalue weighted by Gasteiger charge is -2.23. The molecule has 1 saturated carbocycles. The normalized spacial score (nSPS) is 16.9. The lowest BCUT2D eigenvalue weighted by molar-refractivity contribution is 0.160. The van der Waals surface area contributed by atoms with Gasteiger partial charge in [-0.15, -0.1) is 0 Å². The lowest BCUT2D eigenvalue weighted by atomic mass is 10.1. The Morgan fingerprint density at radius 3 is 2.72 bits per heavy atom. The van der Waals surface area contributed by atoms with E-state index in [9.17, 15) is 9.50 Å². The van der Waals surface area contributed by atoms with Crippen LogP contribution in [0.3, 0.4) is 0 Å². The van der Waals surface area contributed by atoms with E-state index in [0.29, 0.717) is 12.3 Å². The molecule has 0 atom stereocenters. The van der Waals surface area contributed by atoms with E-state index in [1.54, 1.807) is 13.2 Å². The number of ether oxygens (including phenoxy) is 1. The minimum Gasteiger partial charge on any atom is -0.496 e. The average Bonchev–Trinajstić information content (AvgIpc) is 3.09. The van der Waals surface area contributed by atoms with Crippen LogP contribution in [0.5, 0.6) is 5.75 Å². The molecule has 0 saturated heterocycles. The first kappa shape index (κ1) is 13.3. The Labute approximate surface area is 107 Å². The Kier molecular flexibility index (Phi) is 3.88. The quantitative estimate of drug-likeness (QED) is 0.842. The number of nitrogens with zero attached hydrogens (tertiary/aromatic N) is 1. The number of aliphatic hydroxyl groups excluding tert-OH is 1. The highest BCUT2D eigenvalue weighted by Gasteiger charge is 2.42. The van der Waals surface area contributed by atoms with Gasteiger partial charge in [0.25, 0.3) is 0 Å². The van der Waals surface area contributed by atoms with E-state index >= 15 is 0 Å². The van der Waals surface area contributed by atoms with Crippen LogP contribution in [0.15, 0.2) is 18.2 Å². The van der Waals surface area contributed by atoms with Crippen molar-refractivity contribution in [3.05, 3.63) is 29.6 Å². The smallest absolute Gasteiger partial charge is 0.123 e. The Hall–Kier alpha value is -1.13. The van der Waals surface area contributed by atoms with E-state index in [0.717, 1.165) is 24.9 Å². The number of halogens is 1. The maximum absolute atomic E-state index is 13.2. The summed E-state index contributed by atoms with van der Waals surface area (Å²) in [5.41, 5.74) is 0.920. The lowest BCUT2D eigenvalue weighted by Crippen LogP contribution is -2.28. The second kappa shape index (κ2) is 5.24. The zero-order chi connectivity index (χ0) is 13.2. The summed E-state index contributed by atoms with van der Waals surface area (Å²) in [6.45, 7) is 1.70. The molecule has 0 radical (unpaired) electrons. The third-order valence-corrected chi connectivity index (χ3v) is 3.58. The fourth-order valence-electron chi connectivity index (χ4n) is 2.33. The molecule has 1 N–H and O–H groups in total. The molecule has 0 heterocycles. The molecule has 1 fully saturated rings. The topological polar surface area (TPSA) is 32.7 Å². The van der Waals surface area contributed by atoms with E-state index in [2.05, 4.69) is 4.90 Å². The van der Waals surface area contributed by atoms with Gasteiger partial charge < -0.3 is 14.7 Å². The molecule has 100 valence electrons. The minimum atomic E-state index is -0.248. The number of hydrogen-bond donors (Lipinski definition) is 1. The molecule has 1 aromatic rings. The van der Waals surface area contributed by atoms with Crippen LogP contribution in [0.2, 0.25) is 0 Å². The van der Waals surface area contributed by atoms with Gasteiger partial charge in [-0.3, -0.25) is 0 Å². The Morgan fingerprint density at radius 2 is 2.17 bits per heavy atom. The number of benzene rings is 1. The monoisotopic (exact) mass is 253 g/mol. The second-order valence-corrected chi connectivity index (χ2v) is 5.29. The van der Waals surface area contributed by atoms with Crippen molar-refractivity contribution in [2.45, 2.75) is 19.4 Å². The number of hydrogen-bond acceptors (Lipinski definition) is 3. The third kappa shape index (κ3) is 3.00. The number of aliphatic hydroxyl groups is 1. The molecule has 18 heavy (non-hydrogen) atoms. The Balaban J connectivity index is 2.02. The van der Waals surface area contributed by atoms with Crippen molar-refractivity contribution in [2.75, 3.05) is 27.3 Å². The third-order valence-electron chi connectivity index (χ3n) is 3.58. The highest BCUT2D eigenvalue weighted by Crippen LogP contribution is 2.45. The van der Waals surface area contributed by atoms with E-state index in [1.165, 1.54) is 12.1 Å². The SMILES string of the molecule is COc1ccc(F)cc1CN(C)CC1(CO)CC1. The molecule has 0 amide bonds. The fourth-order valence-corrected chi connectivity index (χ4v) is 2.33. The summed E-state index contributed by atoms with van der Waals surface area (Å²) in [5.74, 6) is 0.458. The van der Waals surface area contributed by atoms with Crippen LogP contribution >= 0.6 is 0 Å². The molecule has 3 nitrogen and oxygen atoms in total. The van der Waals surface area contributed by atoms with Crippen molar-refractivity contribution < 1.29 is 14.2 Å². The maximum atomic E-state index is 13.2. The van der Waals surface area contributed by atoms with Crippen LogP contribution in [0.25, 0.3) is 0 Å². The Morgan fingerprint density at radius 1 is 1.44 bits per heavy atom. The molecule has 0 aliphatic heterocycles. The van der Waals surface area contributed by atoms with E-state index in [1.807, 2.05) is 7.05 Å². The highest BCUT2D eigenvalue weighted by molar-refractivity contribution is 5.33. The standard InChI is InChI=1S/C14H20FNO2/c1-16(9-14(10-17)5-6-14)8-11-7-12(15)3-4-13(11)18-2/h3-4,7,17H,5-6,8-10H2,1-2H3. The largest absolute Gasteiger partial charge is 0.496 e. The first-order chi connectivity index (χ1) is 8.58. The molecule has 4 heteroatoms. The van der Waals surface area contributed by atoms with Crippen molar-refractivity contribution in [3.8, 4) is 5.75 Å². The van der Waals surface area contributed by atoms with Gasteiger partial charge in [0.15, 0.2) is 0 Å². The minimum absolute atomic E-state index is 0.0787. The molecule has 0 bridgehead atoms. The fraction of sp³-hybridized carbons (Fsp3) is 0.571. The van der Waals surface area contributed by atoms with Gasteiger partial charge in [0, 0.05) is 30.7 Å². The van der Waals surface area contributed by atoms with Crippen LogP contribution in [0.4, 0.5) is 4.39 Å². The van der Waals surface area contributed by atoms with Gasteiger partial charge in [0.1, 0.15) is 11.6 Å². The molecule has 0 spiro atoms. The zero-order valence-electron chi connectivity index (χ0n) is 10.9. The van der Waals surface area contributed by atoms with Gasteiger partial charge in [0.05, 0.1) is 7.11 Å². The van der Waals surface area contributed by atoms with Gasteiger partial charge in [-0.1, -0.05) is 0 Å². The van der Waals surface area contributed by atoms with Gasteiger partial charge in [-0.2, -0.15) is 0 Å². The van der Waals surface area contributed by atoms with Gasteiger partial charge in [-0.25, -0.2) is 4.39 Å². The maximum Gasteiger partial charge on any atom is 0.123 e. The van der Waals surface area contributed by atoms with Gasteiger partial charge in [-0.05, 0) is 38.1 Å². The predicted octanol–water partition coefficient (Wildman–Crippen LogP) is 2.04. The van der Waals surface area contributed by atoms with Crippen molar-refractivity contribution >= 4 is 0 Å². The zero-order valence-corrected chi connectivity index (χ0v) is 10.9. The van der Waals surface area contributed by atoms with Crippen LogP contribution in [0, 0.1) is 11.2 Å². The van der Waals surface area contributed by atoms with Crippen LogP contribution in [-0.4, -0.2) is 37.3 Å². The molecular formula is C14H20FNO2. The highest BCUT2D eigenvalue weighted by atomic mass is 19.1. The summed E-state index contributed by atoms with van der Waals surface area (Å²) in [7, 11) is 3.58. The first-order valence-electron chi connectivity index (χ1n) is 6.20. The molecular weight excluding hydrogens is 233 g/mol. The molecule has 0 aromatic heterocycles. The Bertz CT molecular complexity index is 418. The summed E-state index contributed by atoms with van der Waals surface area (Å²) in [6.07, 6.45) is 2.16. The number of methoxy groups -OCH3 is 1. The summed E-state index contributed by atoms with van der Waals surface area (Å²) in [5, 5.41) is 9.31. The van der Waals surface area contributed by atoms with E-state index in [-0.39, 0.29) is 17.8 Å². The molecule has 2 rings (SSSR count). The van der Waals surface area contributed by atoms with Gasteiger partial charge >= 0.3 is 0 Å². The summed E-state index contributed by atoms with van der Waals surface area (Å²) in [4.78, 5) is 2.11.